The molecule has 0 spiro atoms. The summed E-state index contributed by atoms with van der Waals surface area (Å²) < 4.78 is 0. The van der Waals surface area contributed by atoms with Gasteiger partial charge in [-0.3, -0.25) is 9.59 Å². The molecule has 1 aromatic heterocycles. The van der Waals surface area contributed by atoms with Gasteiger partial charge in [0.25, 0.3) is 0 Å². The first kappa shape index (κ1) is 12.5. The molecule has 0 radical (unpaired) electrons. The van der Waals surface area contributed by atoms with Crippen LogP contribution in [-0.2, 0) is 4.79 Å². The number of amides is 1. The lowest BCUT2D eigenvalue weighted by atomic mass is 9.96. The fraction of sp³-hybridized carbons (Fsp3) is 0.462. The Bertz CT molecular complexity index is 448. The summed E-state index contributed by atoms with van der Waals surface area (Å²) in [6.45, 7) is 3.08. The van der Waals surface area contributed by atoms with Crippen molar-refractivity contribution in [2.75, 3.05) is 18.0 Å². The predicted molar refractivity (Wildman–Crippen MR) is 68.4 cm³/mol. The number of pyridine rings is 1. The highest BCUT2D eigenvalue weighted by Gasteiger charge is 2.23. The van der Waals surface area contributed by atoms with E-state index < -0.39 is 0 Å². The van der Waals surface area contributed by atoms with Crippen molar-refractivity contribution in [3.8, 4) is 0 Å². The van der Waals surface area contributed by atoms with Gasteiger partial charge < -0.3 is 10.6 Å². The number of primary amides is 1. The van der Waals surface area contributed by atoms with E-state index >= 15 is 0 Å². The fourth-order valence-corrected chi connectivity index (χ4v) is 2.17. The van der Waals surface area contributed by atoms with E-state index in [0.717, 1.165) is 31.7 Å². The van der Waals surface area contributed by atoms with E-state index in [1.54, 1.807) is 12.3 Å². The van der Waals surface area contributed by atoms with Crippen LogP contribution in [-0.4, -0.2) is 29.8 Å². The number of ketones is 1. The van der Waals surface area contributed by atoms with E-state index in [9.17, 15) is 9.59 Å². The molecule has 96 valence electrons. The van der Waals surface area contributed by atoms with Crippen LogP contribution < -0.4 is 10.6 Å². The molecule has 1 saturated heterocycles. The van der Waals surface area contributed by atoms with Crippen molar-refractivity contribution in [2.24, 2.45) is 11.7 Å². The summed E-state index contributed by atoms with van der Waals surface area (Å²) in [5, 5.41) is 0. The topological polar surface area (TPSA) is 76.3 Å². The molecule has 2 rings (SSSR count). The van der Waals surface area contributed by atoms with E-state index in [1.165, 1.54) is 6.92 Å². The number of rotatable bonds is 3. The Morgan fingerprint density at radius 3 is 2.44 bits per heavy atom. The summed E-state index contributed by atoms with van der Waals surface area (Å²) in [7, 11) is 0. The molecule has 5 heteroatoms. The lowest BCUT2D eigenvalue weighted by Crippen LogP contribution is -2.38. The van der Waals surface area contributed by atoms with E-state index in [2.05, 4.69) is 9.88 Å². The zero-order valence-corrected chi connectivity index (χ0v) is 10.4. The van der Waals surface area contributed by atoms with Gasteiger partial charge in [0.1, 0.15) is 5.82 Å². The molecule has 0 saturated carbocycles. The molecule has 0 unspecified atom stereocenters. The summed E-state index contributed by atoms with van der Waals surface area (Å²) >= 11 is 0. The van der Waals surface area contributed by atoms with E-state index in [-0.39, 0.29) is 17.6 Å². The second-order valence-corrected chi connectivity index (χ2v) is 4.62. The second kappa shape index (κ2) is 5.16. The van der Waals surface area contributed by atoms with Crippen LogP contribution in [0.1, 0.15) is 30.1 Å². The molecule has 5 nitrogen and oxygen atoms in total. The van der Waals surface area contributed by atoms with E-state index in [4.69, 9.17) is 5.73 Å². The van der Waals surface area contributed by atoms with Crippen LogP contribution in [0.25, 0.3) is 0 Å². The smallest absolute Gasteiger partial charge is 0.220 e. The normalized spacial score (nSPS) is 16.6. The molecule has 1 aromatic rings. The third-order valence-corrected chi connectivity index (χ3v) is 3.38. The molecule has 1 amide bonds. The molecular formula is C13H17N3O2. The quantitative estimate of drug-likeness (QED) is 0.808. The standard InChI is InChI=1S/C13H17N3O2/c1-9(17)11-2-3-12(15-8-11)16-6-4-10(5-7-16)13(14)18/h2-3,8,10H,4-7H2,1H3,(H2,14,18). The average Bonchev–Trinajstić information content (AvgIpc) is 2.39. The predicted octanol–water partition coefficient (Wildman–Crippen LogP) is 0.986. The Morgan fingerprint density at radius 1 is 1.33 bits per heavy atom. The lowest BCUT2D eigenvalue weighted by molar-refractivity contribution is -0.122. The van der Waals surface area contributed by atoms with Crippen molar-refractivity contribution >= 4 is 17.5 Å². The minimum atomic E-state index is -0.213. The van der Waals surface area contributed by atoms with Crippen LogP contribution in [0, 0.1) is 5.92 Å². The monoisotopic (exact) mass is 247 g/mol. The van der Waals surface area contributed by atoms with Crippen LogP contribution in [0.2, 0.25) is 0 Å². The Labute approximate surface area is 106 Å². The van der Waals surface area contributed by atoms with Gasteiger partial charge in [0.15, 0.2) is 5.78 Å². The van der Waals surface area contributed by atoms with Gasteiger partial charge in [-0.25, -0.2) is 4.98 Å². The number of piperidine rings is 1. The minimum Gasteiger partial charge on any atom is -0.369 e. The van der Waals surface area contributed by atoms with Gasteiger partial charge in [0.2, 0.25) is 5.91 Å². The van der Waals surface area contributed by atoms with Gasteiger partial charge in [-0.1, -0.05) is 0 Å². The maximum atomic E-state index is 11.1. The molecule has 1 aliphatic heterocycles. The van der Waals surface area contributed by atoms with E-state index in [1.807, 2.05) is 6.07 Å². The first-order chi connectivity index (χ1) is 8.58. The number of carbonyl (C=O) groups excluding carboxylic acids is 2. The van der Waals surface area contributed by atoms with Gasteiger partial charge in [-0.05, 0) is 31.9 Å². The number of hydrogen-bond acceptors (Lipinski definition) is 4. The van der Waals surface area contributed by atoms with Crippen molar-refractivity contribution in [3.05, 3.63) is 23.9 Å². The van der Waals surface area contributed by atoms with Gasteiger partial charge in [0, 0.05) is 30.8 Å². The van der Waals surface area contributed by atoms with Crippen molar-refractivity contribution in [2.45, 2.75) is 19.8 Å². The van der Waals surface area contributed by atoms with Crippen LogP contribution in [0.5, 0.6) is 0 Å². The Kier molecular flexibility index (Phi) is 3.60. The number of nitrogens with two attached hydrogens (primary N) is 1. The SMILES string of the molecule is CC(=O)c1ccc(N2CCC(C(N)=O)CC2)nc1. The maximum absolute atomic E-state index is 11.1. The van der Waals surface area contributed by atoms with Crippen LogP contribution >= 0.6 is 0 Å². The molecular weight excluding hydrogens is 230 g/mol. The molecule has 0 atom stereocenters. The maximum Gasteiger partial charge on any atom is 0.220 e. The van der Waals surface area contributed by atoms with Crippen LogP contribution in [0.15, 0.2) is 18.3 Å². The highest BCUT2D eigenvalue weighted by Crippen LogP contribution is 2.21. The van der Waals surface area contributed by atoms with Gasteiger partial charge in [-0.15, -0.1) is 0 Å². The Balaban J connectivity index is 2.01. The van der Waals surface area contributed by atoms with Crippen molar-refractivity contribution in [1.82, 2.24) is 4.98 Å². The van der Waals surface area contributed by atoms with Gasteiger partial charge in [0.05, 0.1) is 0 Å². The first-order valence-corrected chi connectivity index (χ1v) is 6.09. The fourth-order valence-electron chi connectivity index (χ4n) is 2.17. The molecule has 1 fully saturated rings. The lowest BCUT2D eigenvalue weighted by Gasteiger charge is -2.31. The number of carbonyl (C=O) groups is 2. The highest BCUT2D eigenvalue weighted by atomic mass is 16.1. The molecule has 2 N–H and O–H groups in total. The van der Waals surface area contributed by atoms with Crippen molar-refractivity contribution < 1.29 is 9.59 Å². The Hall–Kier alpha value is -1.91. The third-order valence-electron chi connectivity index (χ3n) is 3.38. The number of Topliss-reactive ketones (excluding diaryl/α,β-unsaturated/α-hetero) is 1. The largest absolute Gasteiger partial charge is 0.369 e. The summed E-state index contributed by atoms with van der Waals surface area (Å²) in [5.74, 6) is 0.636. The Morgan fingerprint density at radius 2 is 2.00 bits per heavy atom. The summed E-state index contributed by atoms with van der Waals surface area (Å²) in [6.07, 6.45) is 3.13. The summed E-state index contributed by atoms with van der Waals surface area (Å²) in [4.78, 5) is 28.6. The van der Waals surface area contributed by atoms with Crippen molar-refractivity contribution in [3.63, 3.8) is 0 Å². The zero-order valence-electron chi connectivity index (χ0n) is 10.4. The second-order valence-electron chi connectivity index (χ2n) is 4.62. The number of nitrogens with zero attached hydrogens (tertiary/aromatic N) is 2. The number of anilines is 1. The van der Waals surface area contributed by atoms with Crippen molar-refractivity contribution in [1.29, 1.82) is 0 Å². The molecule has 0 aromatic carbocycles. The molecule has 1 aliphatic rings. The van der Waals surface area contributed by atoms with Gasteiger partial charge in [-0.2, -0.15) is 0 Å². The molecule has 2 heterocycles. The molecule has 18 heavy (non-hydrogen) atoms. The minimum absolute atomic E-state index is 0.0153. The summed E-state index contributed by atoms with van der Waals surface area (Å²) in [5.41, 5.74) is 5.91. The summed E-state index contributed by atoms with van der Waals surface area (Å²) in [6, 6.07) is 3.63. The molecule has 0 aliphatic carbocycles. The van der Waals surface area contributed by atoms with E-state index in [0.29, 0.717) is 5.56 Å². The third kappa shape index (κ3) is 2.67. The average molecular weight is 247 g/mol. The highest BCUT2D eigenvalue weighted by molar-refractivity contribution is 5.93. The van der Waals surface area contributed by atoms with Gasteiger partial charge >= 0.3 is 0 Å². The number of hydrogen-bond donors (Lipinski definition) is 1. The van der Waals surface area contributed by atoms with Crippen LogP contribution in [0.3, 0.4) is 0 Å². The number of aromatic nitrogens is 1. The zero-order chi connectivity index (χ0) is 13.1. The molecule has 0 bridgehead atoms. The van der Waals surface area contributed by atoms with Crippen LogP contribution in [0.4, 0.5) is 5.82 Å². The first-order valence-electron chi connectivity index (χ1n) is 6.09.